The van der Waals surface area contributed by atoms with Crippen molar-refractivity contribution in [3.8, 4) is 11.8 Å². The number of para-hydroxylation sites is 1. The predicted octanol–water partition coefficient (Wildman–Crippen LogP) is 2.27. The number of fused-ring (bicyclic) bond motifs is 1. The Balaban J connectivity index is 2.53. The average molecular weight is 256 g/mol. The van der Waals surface area contributed by atoms with Gasteiger partial charge in [0.05, 0.1) is 4.92 Å². The molecule has 5 nitrogen and oxygen atoms in total. The number of benzene rings is 1. The van der Waals surface area contributed by atoms with Gasteiger partial charge in [-0.05, 0) is 19.9 Å². The summed E-state index contributed by atoms with van der Waals surface area (Å²) >= 11 is 0. The highest BCUT2D eigenvalue weighted by Crippen LogP contribution is 2.23. The summed E-state index contributed by atoms with van der Waals surface area (Å²) in [6.45, 7) is 3.17. The molecule has 1 aromatic carbocycles. The van der Waals surface area contributed by atoms with E-state index in [1.54, 1.807) is 32.0 Å². The monoisotopic (exact) mass is 256 g/mol. The third-order valence-corrected chi connectivity index (χ3v) is 2.40. The van der Waals surface area contributed by atoms with Crippen LogP contribution in [-0.2, 0) is 0 Å². The van der Waals surface area contributed by atoms with Crippen LogP contribution in [-0.4, -0.2) is 20.6 Å². The van der Waals surface area contributed by atoms with Crippen LogP contribution in [0.15, 0.2) is 30.5 Å². The highest BCUT2D eigenvalue weighted by Gasteiger charge is 2.12. The maximum absolute atomic E-state index is 10.9. The van der Waals surface area contributed by atoms with Crippen LogP contribution in [0.4, 0.5) is 5.69 Å². The zero-order valence-corrected chi connectivity index (χ0v) is 10.5. The molecule has 0 spiro atoms. The molecule has 96 valence electrons. The normalized spacial score (nSPS) is 10.9. The van der Waals surface area contributed by atoms with E-state index >= 15 is 0 Å². The van der Waals surface area contributed by atoms with Gasteiger partial charge in [-0.2, -0.15) is 0 Å². The number of nitrogens with zero attached hydrogens (tertiary/aromatic N) is 2. The van der Waals surface area contributed by atoms with Gasteiger partial charge in [0.1, 0.15) is 11.1 Å². The van der Waals surface area contributed by atoms with E-state index in [0.29, 0.717) is 16.5 Å². The quantitative estimate of drug-likeness (QED) is 0.482. The van der Waals surface area contributed by atoms with Crippen molar-refractivity contribution in [1.82, 2.24) is 4.98 Å². The molecule has 2 aromatic rings. The van der Waals surface area contributed by atoms with Crippen LogP contribution in [0.1, 0.15) is 19.4 Å². The molecule has 1 aromatic heterocycles. The van der Waals surface area contributed by atoms with Gasteiger partial charge in [-0.3, -0.25) is 10.1 Å². The second kappa shape index (κ2) is 4.67. The first-order valence-electron chi connectivity index (χ1n) is 5.65. The van der Waals surface area contributed by atoms with Crippen molar-refractivity contribution in [2.24, 2.45) is 0 Å². The summed E-state index contributed by atoms with van der Waals surface area (Å²) in [4.78, 5) is 14.5. The molecule has 0 bridgehead atoms. The van der Waals surface area contributed by atoms with Gasteiger partial charge in [0.2, 0.25) is 0 Å². The zero-order valence-electron chi connectivity index (χ0n) is 10.5. The number of aliphatic hydroxyl groups is 1. The molecule has 0 atom stereocenters. The number of hydrogen-bond donors (Lipinski definition) is 1. The molecule has 19 heavy (non-hydrogen) atoms. The second-order valence-electron chi connectivity index (χ2n) is 4.64. The van der Waals surface area contributed by atoms with Gasteiger partial charge in [0.25, 0.3) is 5.69 Å². The minimum absolute atomic E-state index is 0.0282. The van der Waals surface area contributed by atoms with Gasteiger partial charge < -0.3 is 5.11 Å². The molecule has 0 radical (unpaired) electrons. The molecular formula is C14H12N2O3. The maximum Gasteiger partial charge on any atom is 0.295 e. The van der Waals surface area contributed by atoms with Crippen molar-refractivity contribution in [2.75, 3.05) is 0 Å². The van der Waals surface area contributed by atoms with Crippen molar-refractivity contribution in [3.63, 3.8) is 0 Å². The number of nitro benzene ring substituents is 1. The summed E-state index contributed by atoms with van der Waals surface area (Å²) in [6.07, 6.45) is 1.47. The Morgan fingerprint density at radius 3 is 2.79 bits per heavy atom. The van der Waals surface area contributed by atoms with Gasteiger partial charge in [0.15, 0.2) is 0 Å². The van der Waals surface area contributed by atoms with Gasteiger partial charge in [-0.15, -0.1) is 0 Å². The molecule has 0 aliphatic rings. The number of nitro groups is 1. The standard InChI is InChI=1S/C14H12N2O3/c1-14(2,17)7-6-10-8-11-4-3-5-12(16(18)19)13(11)15-9-10/h3-5,8-9,17H,1-2H3. The Kier molecular flexibility index (Phi) is 3.19. The van der Waals surface area contributed by atoms with Gasteiger partial charge in [-0.25, -0.2) is 4.98 Å². The Labute approximate surface area is 110 Å². The van der Waals surface area contributed by atoms with Crippen LogP contribution in [0.5, 0.6) is 0 Å². The number of non-ortho nitro benzene ring substituents is 1. The summed E-state index contributed by atoms with van der Waals surface area (Å²) in [5, 5.41) is 21.0. The van der Waals surface area contributed by atoms with Gasteiger partial charge in [-0.1, -0.05) is 24.0 Å². The Hall–Kier alpha value is -2.45. The van der Waals surface area contributed by atoms with E-state index in [-0.39, 0.29) is 5.69 Å². The van der Waals surface area contributed by atoms with E-state index in [9.17, 15) is 15.2 Å². The number of hydrogen-bond acceptors (Lipinski definition) is 4. The van der Waals surface area contributed by atoms with E-state index < -0.39 is 10.5 Å². The summed E-state index contributed by atoms with van der Waals surface area (Å²) in [6, 6.07) is 6.48. The van der Waals surface area contributed by atoms with E-state index in [4.69, 9.17) is 0 Å². The van der Waals surface area contributed by atoms with Gasteiger partial charge in [0, 0.05) is 23.2 Å². The first-order valence-corrected chi connectivity index (χ1v) is 5.65. The van der Waals surface area contributed by atoms with Crippen LogP contribution < -0.4 is 0 Å². The molecular weight excluding hydrogens is 244 g/mol. The van der Waals surface area contributed by atoms with Crippen LogP contribution in [0, 0.1) is 22.0 Å². The van der Waals surface area contributed by atoms with Crippen molar-refractivity contribution in [1.29, 1.82) is 0 Å². The highest BCUT2D eigenvalue weighted by atomic mass is 16.6. The van der Waals surface area contributed by atoms with Crippen LogP contribution in [0.3, 0.4) is 0 Å². The molecule has 0 aliphatic heterocycles. The molecule has 0 amide bonds. The van der Waals surface area contributed by atoms with Crippen molar-refractivity contribution in [3.05, 3.63) is 46.1 Å². The lowest BCUT2D eigenvalue weighted by molar-refractivity contribution is -0.383. The van der Waals surface area contributed by atoms with E-state index in [1.807, 2.05) is 0 Å². The molecule has 0 saturated carbocycles. The molecule has 0 aliphatic carbocycles. The second-order valence-corrected chi connectivity index (χ2v) is 4.64. The van der Waals surface area contributed by atoms with E-state index in [1.165, 1.54) is 12.3 Å². The maximum atomic E-state index is 10.9. The first kappa shape index (κ1) is 13.0. The lowest BCUT2D eigenvalue weighted by Gasteiger charge is -2.06. The minimum atomic E-state index is -1.09. The Morgan fingerprint density at radius 1 is 1.42 bits per heavy atom. The predicted molar refractivity (Wildman–Crippen MR) is 71.6 cm³/mol. The van der Waals surface area contributed by atoms with Gasteiger partial charge >= 0.3 is 0 Å². The Morgan fingerprint density at radius 2 is 2.16 bits per heavy atom. The topological polar surface area (TPSA) is 76.3 Å². The molecule has 0 unspecified atom stereocenters. The summed E-state index contributed by atoms with van der Waals surface area (Å²) in [7, 11) is 0. The molecule has 0 saturated heterocycles. The molecule has 0 fully saturated rings. The minimum Gasteiger partial charge on any atom is -0.378 e. The smallest absolute Gasteiger partial charge is 0.295 e. The fraction of sp³-hybridized carbons (Fsp3) is 0.214. The van der Waals surface area contributed by atoms with E-state index in [0.717, 1.165) is 0 Å². The van der Waals surface area contributed by atoms with Crippen LogP contribution >= 0.6 is 0 Å². The fourth-order valence-electron chi connectivity index (χ4n) is 1.59. The Bertz CT molecular complexity index is 706. The number of aromatic nitrogens is 1. The summed E-state index contributed by atoms with van der Waals surface area (Å²) in [5.74, 6) is 5.46. The molecule has 1 N–H and O–H groups in total. The highest BCUT2D eigenvalue weighted by molar-refractivity contribution is 5.87. The lowest BCUT2D eigenvalue weighted by Crippen LogP contribution is -2.14. The SMILES string of the molecule is CC(C)(O)C#Cc1cnc2c([N+](=O)[O-])cccc2c1. The van der Waals surface area contributed by atoms with Crippen molar-refractivity contribution >= 4 is 16.6 Å². The first-order chi connectivity index (χ1) is 8.87. The average Bonchev–Trinajstić information content (AvgIpc) is 2.34. The molecule has 2 rings (SSSR count). The molecule has 1 heterocycles. The fourth-order valence-corrected chi connectivity index (χ4v) is 1.59. The van der Waals surface area contributed by atoms with Crippen molar-refractivity contribution < 1.29 is 10.0 Å². The van der Waals surface area contributed by atoms with Crippen molar-refractivity contribution in [2.45, 2.75) is 19.4 Å². The number of rotatable bonds is 1. The summed E-state index contributed by atoms with van der Waals surface area (Å²) < 4.78 is 0. The van der Waals surface area contributed by atoms with Crippen LogP contribution in [0.2, 0.25) is 0 Å². The summed E-state index contributed by atoms with van der Waals surface area (Å²) in [5.41, 5.74) is -0.173. The van der Waals surface area contributed by atoms with E-state index in [2.05, 4.69) is 16.8 Å². The zero-order chi connectivity index (χ0) is 14.0. The third kappa shape index (κ3) is 3.06. The molecule has 5 heteroatoms. The van der Waals surface area contributed by atoms with Crippen LogP contribution in [0.25, 0.3) is 10.9 Å². The third-order valence-electron chi connectivity index (χ3n) is 2.40. The lowest BCUT2D eigenvalue weighted by atomic mass is 10.1. The number of pyridine rings is 1. The largest absolute Gasteiger partial charge is 0.378 e.